The van der Waals surface area contributed by atoms with Crippen LogP contribution in [0.5, 0.6) is 5.75 Å². The normalized spacial score (nSPS) is 16.0. The van der Waals surface area contributed by atoms with Crippen molar-refractivity contribution < 1.29 is 4.74 Å². The molecule has 1 aliphatic heterocycles. The van der Waals surface area contributed by atoms with Crippen LogP contribution in [0.1, 0.15) is 12.5 Å². The average Bonchev–Trinajstić information content (AvgIpc) is 2.62. The largest absolute Gasteiger partial charge is 0.485 e. The number of rotatable bonds is 4. The summed E-state index contributed by atoms with van der Waals surface area (Å²) in [6.45, 7) is 6.82. The first-order valence-electron chi connectivity index (χ1n) is 8.66. The molecule has 2 aromatic rings. The standard InChI is InChI=1S/C20H25N3OS/c1-4-23-14-17(24-19-8-6-5-7-18(19)23)13-22(3)20(25)21-16-11-9-15(2)10-12-16/h5-12,17H,4,13-14H2,1-3H3,(H,21,25)/t17-/m0/s1. The molecule has 5 heteroatoms. The van der Waals surface area contributed by atoms with E-state index in [-0.39, 0.29) is 6.10 Å². The summed E-state index contributed by atoms with van der Waals surface area (Å²) >= 11 is 5.54. The third kappa shape index (κ3) is 4.23. The van der Waals surface area contributed by atoms with Gasteiger partial charge in [0, 0.05) is 19.3 Å². The molecule has 2 aromatic carbocycles. The minimum Gasteiger partial charge on any atom is -0.485 e. The number of thiocarbonyl (C=S) groups is 1. The molecule has 132 valence electrons. The lowest BCUT2D eigenvalue weighted by Gasteiger charge is -2.37. The van der Waals surface area contributed by atoms with Crippen LogP contribution in [0.2, 0.25) is 0 Å². The van der Waals surface area contributed by atoms with Crippen LogP contribution >= 0.6 is 12.2 Å². The lowest BCUT2D eigenvalue weighted by molar-refractivity contribution is 0.169. The Labute approximate surface area is 155 Å². The molecule has 0 fully saturated rings. The minimum atomic E-state index is 0.0811. The number of ether oxygens (including phenoxy) is 1. The van der Waals surface area contributed by atoms with Crippen molar-refractivity contribution in [1.29, 1.82) is 0 Å². The molecule has 0 unspecified atom stereocenters. The maximum Gasteiger partial charge on any atom is 0.173 e. The van der Waals surface area contributed by atoms with Gasteiger partial charge in [-0.1, -0.05) is 29.8 Å². The highest BCUT2D eigenvalue weighted by molar-refractivity contribution is 7.80. The first-order chi connectivity index (χ1) is 12.1. The molecule has 3 rings (SSSR count). The quantitative estimate of drug-likeness (QED) is 0.840. The third-order valence-corrected chi connectivity index (χ3v) is 4.85. The Kier molecular flexibility index (Phi) is 5.43. The van der Waals surface area contributed by atoms with E-state index in [0.717, 1.165) is 31.1 Å². The summed E-state index contributed by atoms with van der Waals surface area (Å²) in [5, 5.41) is 3.99. The molecule has 1 atom stereocenters. The minimum absolute atomic E-state index is 0.0811. The number of nitrogens with one attached hydrogen (secondary N) is 1. The number of benzene rings is 2. The van der Waals surface area contributed by atoms with Gasteiger partial charge < -0.3 is 19.9 Å². The smallest absolute Gasteiger partial charge is 0.173 e. The Balaban J connectivity index is 1.62. The average molecular weight is 356 g/mol. The van der Waals surface area contributed by atoms with Crippen LogP contribution in [0.25, 0.3) is 0 Å². The van der Waals surface area contributed by atoms with Gasteiger partial charge in [0.25, 0.3) is 0 Å². The number of aryl methyl sites for hydroxylation is 1. The Morgan fingerprint density at radius 1 is 1.24 bits per heavy atom. The lowest BCUT2D eigenvalue weighted by Crippen LogP contribution is -2.47. The van der Waals surface area contributed by atoms with Gasteiger partial charge in [0.15, 0.2) is 5.11 Å². The van der Waals surface area contributed by atoms with Crippen molar-refractivity contribution in [3.63, 3.8) is 0 Å². The number of anilines is 2. The zero-order valence-electron chi connectivity index (χ0n) is 15.0. The molecule has 25 heavy (non-hydrogen) atoms. The summed E-state index contributed by atoms with van der Waals surface area (Å²) in [6.07, 6.45) is 0.0811. The maximum atomic E-state index is 6.18. The number of fused-ring (bicyclic) bond motifs is 1. The van der Waals surface area contributed by atoms with Crippen LogP contribution in [0.15, 0.2) is 48.5 Å². The van der Waals surface area contributed by atoms with Crippen LogP contribution in [-0.4, -0.2) is 42.8 Å². The number of likely N-dealkylation sites (N-methyl/N-ethyl adjacent to an activating group) is 2. The SMILES string of the molecule is CCN1C[C@H](CN(C)C(=S)Nc2ccc(C)cc2)Oc2ccccc21. The first kappa shape index (κ1) is 17.5. The van der Waals surface area contributed by atoms with E-state index in [0.29, 0.717) is 5.11 Å². The first-order valence-corrected chi connectivity index (χ1v) is 9.07. The second-order valence-corrected chi connectivity index (χ2v) is 6.81. The van der Waals surface area contributed by atoms with E-state index in [9.17, 15) is 0 Å². The molecular weight excluding hydrogens is 330 g/mol. The molecule has 0 aliphatic carbocycles. The van der Waals surface area contributed by atoms with Crippen LogP contribution in [0.3, 0.4) is 0 Å². The number of hydrogen-bond donors (Lipinski definition) is 1. The Morgan fingerprint density at radius 2 is 1.96 bits per heavy atom. The van der Waals surface area contributed by atoms with E-state index in [1.165, 1.54) is 11.3 Å². The molecule has 0 amide bonds. The van der Waals surface area contributed by atoms with Crippen LogP contribution < -0.4 is 15.0 Å². The van der Waals surface area contributed by atoms with Crippen molar-refractivity contribution in [2.75, 3.05) is 36.9 Å². The fraction of sp³-hybridized carbons (Fsp3) is 0.350. The second kappa shape index (κ2) is 7.74. The van der Waals surface area contributed by atoms with E-state index in [2.05, 4.69) is 48.3 Å². The lowest BCUT2D eigenvalue weighted by atomic mass is 10.2. The molecule has 0 aromatic heterocycles. The number of hydrogen-bond acceptors (Lipinski definition) is 3. The van der Waals surface area contributed by atoms with E-state index < -0.39 is 0 Å². The maximum absolute atomic E-state index is 6.18. The topological polar surface area (TPSA) is 27.7 Å². The van der Waals surface area contributed by atoms with Gasteiger partial charge in [0.2, 0.25) is 0 Å². The predicted octanol–water partition coefficient (Wildman–Crippen LogP) is 3.91. The van der Waals surface area contributed by atoms with Gasteiger partial charge in [-0.2, -0.15) is 0 Å². The zero-order valence-corrected chi connectivity index (χ0v) is 15.8. The van der Waals surface area contributed by atoms with E-state index in [1.54, 1.807) is 0 Å². The molecule has 0 saturated carbocycles. The van der Waals surface area contributed by atoms with Gasteiger partial charge in [-0.3, -0.25) is 0 Å². The van der Waals surface area contributed by atoms with Gasteiger partial charge in [-0.25, -0.2) is 0 Å². The summed E-state index contributed by atoms with van der Waals surface area (Å²) in [7, 11) is 2.00. The molecule has 1 N–H and O–H groups in total. The van der Waals surface area contributed by atoms with Crippen molar-refractivity contribution in [3.05, 3.63) is 54.1 Å². The number of nitrogens with zero attached hydrogens (tertiary/aromatic N) is 2. The summed E-state index contributed by atoms with van der Waals surface area (Å²) in [4.78, 5) is 4.40. The molecule has 1 heterocycles. The summed E-state index contributed by atoms with van der Waals surface area (Å²) in [5.74, 6) is 0.950. The molecule has 4 nitrogen and oxygen atoms in total. The van der Waals surface area contributed by atoms with Gasteiger partial charge in [0.05, 0.1) is 18.8 Å². The molecule has 0 saturated heterocycles. The van der Waals surface area contributed by atoms with Gasteiger partial charge in [0.1, 0.15) is 11.9 Å². The van der Waals surface area contributed by atoms with Gasteiger partial charge >= 0.3 is 0 Å². The van der Waals surface area contributed by atoms with E-state index in [1.807, 2.05) is 36.2 Å². The summed E-state index contributed by atoms with van der Waals surface area (Å²) < 4.78 is 6.18. The number of para-hydroxylation sites is 2. The molecule has 1 aliphatic rings. The predicted molar refractivity (Wildman–Crippen MR) is 109 cm³/mol. The second-order valence-electron chi connectivity index (χ2n) is 6.42. The highest BCUT2D eigenvalue weighted by Crippen LogP contribution is 2.32. The van der Waals surface area contributed by atoms with Crippen LogP contribution in [0.4, 0.5) is 11.4 Å². The van der Waals surface area contributed by atoms with Crippen molar-refractivity contribution >= 4 is 28.7 Å². The highest BCUT2D eigenvalue weighted by Gasteiger charge is 2.26. The zero-order chi connectivity index (χ0) is 17.8. The van der Waals surface area contributed by atoms with E-state index >= 15 is 0 Å². The summed E-state index contributed by atoms with van der Waals surface area (Å²) in [5.41, 5.74) is 3.41. The van der Waals surface area contributed by atoms with E-state index in [4.69, 9.17) is 17.0 Å². The summed E-state index contributed by atoms with van der Waals surface area (Å²) in [6, 6.07) is 16.5. The van der Waals surface area contributed by atoms with Crippen molar-refractivity contribution in [2.24, 2.45) is 0 Å². The van der Waals surface area contributed by atoms with Gasteiger partial charge in [-0.15, -0.1) is 0 Å². The van der Waals surface area contributed by atoms with Crippen LogP contribution in [0, 0.1) is 6.92 Å². The monoisotopic (exact) mass is 355 g/mol. The van der Waals surface area contributed by atoms with Crippen LogP contribution in [-0.2, 0) is 0 Å². The van der Waals surface area contributed by atoms with Crippen molar-refractivity contribution in [3.8, 4) is 5.75 Å². The molecule has 0 bridgehead atoms. The Hall–Kier alpha value is -2.27. The van der Waals surface area contributed by atoms with Crippen molar-refractivity contribution in [1.82, 2.24) is 4.90 Å². The Morgan fingerprint density at radius 3 is 2.68 bits per heavy atom. The van der Waals surface area contributed by atoms with Crippen molar-refractivity contribution in [2.45, 2.75) is 20.0 Å². The highest BCUT2D eigenvalue weighted by atomic mass is 32.1. The molecular formula is C20H25N3OS. The third-order valence-electron chi connectivity index (χ3n) is 4.43. The fourth-order valence-corrected chi connectivity index (χ4v) is 3.21. The molecule has 0 radical (unpaired) electrons. The molecule has 0 spiro atoms. The fourth-order valence-electron chi connectivity index (χ4n) is 3.02. The Bertz CT molecular complexity index is 732. The van der Waals surface area contributed by atoms with Gasteiger partial charge in [-0.05, 0) is 50.3 Å².